The Morgan fingerprint density at radius 3 is 3.00 bits per heavy atom. The Labute approximate surface area is 154 Å². The number of amides is 1. The Balaban J connectivity index is 1.37. The van der Waals surface area contributed by atoms with Crippen LogP contribution in [-0.2, 0) is 24.0 Å². The van der Waals surface area contributed by atoms with Crippen LogP contribution in [-0.4, -0.2) is 41.6 Å². The molecule has 2 heterocycles. The molecule has 1 fully saturated rings. The average molecular weight is 351 g/mol. The fourth-order valence-corrected chi connectivity index (χ4v) is 3.94. The number of pyridine rings is 1. The number of benzene rings is 1. The monoisotopic (exact) mass is 351 g/mol. The summed E-state index contributed by atoms with van der Waals surface area (Å²) in [6.07, 6.45) is 6.98. The lowest BCUT2D eigenvalue weighted by Crippen LogP contribution is -2.45. The first-order chi connectivity index (χ1) is 12.7. The second-order valence-corrected chi connectivity index (χ2v) is 7.21. The topological polar surface area (TPSA) is 68.5 Å². The number of nitrogens with two attached hydrogens (primary N) is 1. The van der Waals surface area contributed by atoms with E-state index in [0.29, 0.717) is 25.5 Å². The number of aromatic nitrogens is 1. The second-order valence-electron chi connectivity index (χ2n) is 7.21. The number of aryl methyl sites for hydroxylation is 3. The Hall–Kier alpha value is -2.40. The number of nitrogens with zero attached hydrogens (tertiary/aromatic N) is 2. The van der Waals surface area contributed by atoms with Crippen LogP contribution in [0.4, 0.5) is 5.82 Å². The maximum atomic E-state index is 12.9. The van der Waals surface area contributed by atoms with Crippen molar-refractivity contribution in [1.29, 1.82) is 0 Å². The van der Waals surface area contributed by atoms with Crippen molar-refractivity contribution in [2.45, 2.75) is 38.2 Å². The van der Waals surface area contributed by atoms with Crippen LogP contribution in [0, 0.1) is 0 Å². The fourth-order valence-electron chi connectivity index (χ4n) is 3.94. The zero-order valence-electron chi connectivity index (χ0n) is 15.0. The van der Waals surface area contributed by atoms with Gasteiger partial charge in [-0.1, -0.05) is 6.07 Å². The quantitative estimate of drug-likeness (QED) is 0.919. The standard InChI is InChI=1S/C21H25N3O2/c22-20-12-15(8-9-23-20)4-7-19-14-24(10-11-26-19)21(25)18-6-5-16-2-1-3-17(16)13-18/h5-6,8-9,12-13,19H,1-4,7,10-11,14H2,(H2,22,23). The van der Waals surface area contributed by atoms with Gasteiger partial charge in [0, 0.05) is 24.8 Å². The molecule has 1 aromatic heterocycles. The first kappa shape index (κ1) is 17.0. The Bertz CT molecular complexity index is 806. The molecule has 0 spiro atoms. The second kappa shape index (κ2) is 7.46. The molecule has 1 unspecified atom stereocenters. The molecule has 1 aliphatic carbocycles. The molecule has 4 rings (SSSR count). The predicted molar refractivity (Wildman–Crippen MR) is 101 cm³/mol. The summed E-state index contributed by atoms with van der Waals surface area (Å²) in [5.74, 6) is 0.668. The number of ether oxygens (including phenoxy) is 1. The van der Waals surface area contributed by atoms with Crippen molar-refractivity contribution in [2.75, 3.05) is 25.4 Å². The fraction of sp³-hybridized carbons (Fsp3) is 0.429. The van der Waals surface area contributed by atoms with Gasteiger partial charge in [0.1, 0.15) is 5.82 Å². The molecule has 0 saturated carbocycles. The largest absolute Gasteiger partial charge is 0.384 e. The highest BCUT2D eigenvalue weighted by Gasteiger charge is 2.25. The molecule has 136 valence electrons. The van der Waals surface area contributed by atoms with Gasteiger partial charge in [-0.3, -0.25) is 4.79 Å². The van der Waals surface area contributed by atoms with Crippen LogP contribution in [0.5, 0.6) is 0 Å². The van der Waals surface area contributed by atoms with Crippen LogP contribution in [0.25, 0.3) is 0 Å². The van der Waals surface area contributed by atoms with Gasteiger partial charge in [-0.25, -0.2) is 4.98 Å². The van der Waals surface area contributed by atoms with Gasteiger partial charge in [0.2, 0.25) is 0 Å². The molecule has 2 N–H and O–H groups in total. The number of rotatable bonds is 4. The minimum atomic E-state index is 0.0662. The summed E-state index contributed by atoms with van der Waals surface area (Å²) in [5, 5.41) is 0. The summed E-state index contributed by atoms with van der Waals surface area (Å²) in [4.78, 5) is 18.9. The van der Waals surface area contributed by atoms with Gasteiger partial charge in [-0.05, 0) is 73.1 Å². The Kier molecular flexibility index (Phi) is 4.89. The predicted octanol–water partition coefficient (Wildman–Crippen LogP) is 2.63. The number of nitrogen functional groups attached to an aromatic ring is 1. The minimum absolute atomic E-state index is 0.0662. The first-order valence-electron chi connectivity index (χ1n) is 9.42. The molecule has 2 aliphatic rings. The highest BCUT2D eigenvalue weighted by molar-refractivity contribution is 5.94. The molecule has 5 nitrogen and oxygen atoms in total. The highest BCUT2D eigenvalue weighted by Crippen LogP contribution is 2.24. The molecule has 1 aliphatic heterocycles. The lowest BCUT2D eigenvalue weighted by atomic mass is 10.0. The van der Waals surface area contributed by atoms with Crippen molar-refractivity contribution in [3.8, 4) is 0 Å². The summed E-state index contributed by atoms with van der Waals surface area (Å²) in [7, 11) is 0. The van der Waals surface area contributed by atoms with Gasteiger partial charge in [0.15, 0.2) is 0 Å². The molecule has 2 aromatic rings. The molecule has 1 saturated heterocycles. The third-order valence-corrected chi connectivity index (χ3v) is 5.37. The number of fused-ring (bicyclic) bond motifs is 1. The van der Waals surface area contributed by atoms with E-state index in [9.17, 15) is 4.79 Å². The van der Waals surface area contributed by atoms with Crippen LogP contribution in [0.1, 0.15) is 39.9 Å². The molecule has 0 radical (unpaired) electrons. The summed E-state index contributed by atoms with van der Waals surface area (Å²) >= 11 is 0. The summed E-state index contributed by atoms with van der Waals surface area (Å²) in [6, 6.07) is 10.1. The highest BCUT2D eigenvalue weighted by atomic mass is 16.5. The number of hydrogen-bond acceptors (Lipinski definition) is 4. The third kappa shape index (κ3) is 3.73. The Morgan fingerprint density at radius 1 is 1.23 bits per heavy atom. The molecular weight excluding hydrogens is 326 g/mol. The van der Waals surface area contributed by atoms with Crippen molar-refractivity contribution in [2.24, 2.45) is 0 Å². The molecule has 1 atom stereocenters. The van der Waals surface area contributed by atoms with Crippen LogP contribution in [0.3, 0.4) is 0 Å². The molecule has 26 heavy (non-hydrogen) atoms. The van der Waals surface area contributed by atoms with Crippen LogP contribution < -0.4 is 5.73 Å². The van der Waals surface area contributed by atoms with E-state index in [1.54, 1.807) is 6.20 Å². The van der Waals surface area contributed by atoms with Crippen LogP contribution >= 0.6 is 0 Å². The average Bonchev–Trinajstić information content (AvgIpc) is 3.14. The SMILES string of the molecule is Nc1cc(CCC2CN(C(=O)c3ccc4c(c3)CCC4)CCO2)ccn1. The van der Waals surface area contributed by atoms with Crippen molar-refractivity contribution >= 4 is 11.7 Å². The smallest absolute Gasteiger partial charge is 0.254 e. The van der Waals surface area contributed by atoms with E-state index in [2.05, 4.69) is 17.1 Å². The zero-order chi connectivity index (χ0) is 17.9. The van der Waals surface area contributed by atoms with Gasteiger partial charge in [0.25, 0.3) is 5.91 Å². The van der Waals surface area contributed by atoms with Crippen LogP contribution in [0.15, 0.2) is 36.5 Å². The molecule has 5 heteroatoms. The number of morpholine rings is 1. The van der Waals surface area contributed by atoms with E-state index in [-0.39, 0.29) is 12.0 Å². The van der Waals surface area contributed by atoms with E-state index in [0.717, 1.165) is 36.8 Å². The van der Waals surface area contributed by atoms with E-state index < -0.39 is 0 Å². The number of hydrogen-bond donors (Lipinski definition) is 1. The van der Waals surface area contributed by atoms with Crippen molar-refractivity contribution in [3.05, 3.63) is 58.8 Å². The summed E-state index contributed by atoms with van der Waals surface area (Å²) < 4.78 is 5.88. The molecule has 0 bridgehead atoms. The molecule has 1 aromatic carbocycles. The van der Waals surface area contributed by atoms with Gasteiger partial charge in [-0.2, -0.15) is 0 Å². The van der Waals surface area contributed by atoms with Gasteiger partial charge in [-0.15, -0.1) is 0 Å². The van der Waals surface area contributed by atoms with E-state index in [4.69, 9.17) is 10.5 Å². The maximum Gasteiger partial charge on any atom is 0.254 e. The molecular formula is C21H25N3O2. The normalized spacial score (nSPS) is 19.4. The number of carbonyl (C=O) groups excluding carboxylic acids is 1. The number of carbonyl (C=O) groups is 1. The van der Waals surface area contributed by atoms with Gasteiger partial charge < -0.3 is 15.4 Å². The minimum Gasteiger partial charge on any atom is -0.384 e. The summed E-state index contributed by atoms with van der Waals surface area (Å²) in [5.41, 5.74) is 10.5. The van der Waals surface area contributed by atoms with Gasteiger partial charge >= 0.3 is 0 Å². The van der Waals surface area contributed by atoms with Crippen LogP contribution in [0.2, 0.25) is 0 Å². The lowest BCUT2D eigenvalue weighted by molar-refractivity contribution is -0.0246. The number of anilines is 1. The lowest BCUT2D eigenvalue weighted by Gasteiger charge is -2.33. The van der Waals surface area contributed by atoms with Crippen molar-refractivity contribution in [1.82, 2.24) is 9.88 Å². The van der Waals surface area contributed by atoms with E-state index >= 15 is 0 Å². The van der Waals surface area contributed by atoms with E-state index in [1.807, 2.05) is 23.1 Å². The zero-order valence-corrected chi connectivity index (χ0v) is 15.0. The first-order valence-corrected chi connectivity index (χ1v) is 9.42. The van der Waals surface area contributed by atoms with Crippen molar-refractivity contribution in [3.63, 3.8) is 0 Å². The summed E-state index contributed by atoms with van der Waals surface area (Å²) in [6.45, 7) is 1.91. The van der Waals surface area contributed by atoms with Crippen molar-refractivity contribution < 1.29 is 9.53 Å². The van der Waals surface area contributed by atoms with Gasteiger partial charge in [0.05, 0.1) is 12.7 Å². The third-order valence-electron chi connectivity index (χ3n) is 5.37. The molecule has 1 amide bonds. The Morgan fingerprint density at radius 2 is 2.12 bits per heavy atom. The maximum absolute atomic E-state index is 12.9. The van der Waals surface area contributed by atoms with E-state index in [1.165, 1.54) is 17.5 Å².